The smallest absolute Gasteiger partial charge is 0.175 e. The van der Waals surface area contributed by atoms with Gasteiger partial charge in [0.1, 0.15) is 12.1 Å². The Labute approximate surface area is 134 Å². The lowest BCUT2D eigenvalue weighted by Gasteiger charge is -2.09. The van der Waals surface area contributed by atoms with Gasteiger partial charge in [0.05, 0.1) is 10.4 Å². The first-order valence-corrected chi connectivity index (χ1v) is 8.65. The Morgan fingerprint density at radius 1 is 1.13 bits per heavy atom. The summed E-state index contributed by atoms with van der Waals surface area (Å²) in [5, 5.41) is 3.79. The van der Waals surface area contributed by atoms with Crippen LogP contribution >= 0.6 is 0 Å². The number of hydrogen-bond acceptors (Lipinski definition) is 5. The molecule has 0 bridgehead atoms. The third kappa shape index (κ3) is 3.15. The minimum absolute atomic E-state index is 0.222. The molecule has 0 aliphatic carbocycles. The van der Waals surface area contributed by atoms with E-state index < -0.39 is 9.84 Å². The zero-order valence-corrected chi connectivity index (χ0v) is 13.1. The maximum atomic E-state index is 11.7. The van der Waals surface area contributed by atoms with Crippen LogP contribution in [0.2, 0.25) is 0 Å². The molecule has 0 amide bonds. The summed E-state index contributed by atoms with van der Waals surface area (Å²) in [5.74, 6) is 3.09. The molecule has 0 radical (unpaired) electrons. The molecule has 1 aromatic heterocycles. The summed E-state index contributed by atoms with van der Waals surface area (Å²) in [6.45, 7) is 0. The van der Waals surface area contributed by atoms with Crippen molar-refractivity contribution in [3.05, 3.63) is 54.4 Å². The second-order valence-corrected chi connectivity index (χ2v) is 7.04. The largest absolute Gasteiger partial charge is 0.340 e. The summed E-state index contributed by atoms with van der Waals surface area (Å²) in [5.41, 5.74) is 2.17. The van der Waals surface area contributed by atoms with Crippen LogP contribution in [0.3, 0.4) is 0 Å². The summed E-state index contributed by atoms with van der Waals surface area (Å²) in [7, 11) is -3.30. The first-order valence-electron chi connectivity index (χ1n) is 6.76. The van der Waals surface area contributed by atoms with E-state index in [1.165, 1.54) is 18.6 Å². The van der Waals surface area contributed by atoms with Gasteiger partial charge in [0.2, 0.25) is 0 Å². The van der Waals surface area contributed by atoms with Crippen molar-refractivity contribution in [3.8, 4) is 12.3 Å². The zero-order chi connectivity index (χ0) is 16.4. The van der Waals surface area contributed by atoms with Crippen LogP contribution in [0, 0.1) is 12.3 Å². The van der Waals surface area contributed by atoms with Crippen LogP contribution in [-0.2, 0) is 9.84 Å². The van der Waals surface area contributed by atoms with Gasteiger partial charge in [0, 0.05) is 22.9 Å². The van der Waals surface area contributed by atoms with Crippen LogP contribution in [0.25, 0.3) is 10.9 Å². The van der Waals surface area contributed by atoms with Gasteiger partial charge < -0.3 is 5.32 Å². The first-order chi connectivity index (χ1) is 11.0. The highest BCUT2D eigenvalue weighted by atomic mass is 32.2. The van der Waals surface area contributed by atoms with E-state index in [2.05, 4.69) is 21.2 Å². The maximum Gasteiger partial charge on any atom is 0.175 e. The molecule has 114 valence electrons. The number of rotatable bonds is 3. The molecule has 0 aliphatic heterocycles. The average molecular weight is 323 g/mol. The van der Waals surface area contributed by atoms with Crippen molar-refractivity contribution in [1.29, 1.82) is 0 Å². The summed E-state index contributed by atoms with van der Waals surface area (Å²) < 4.78 is 23.5. The Balaban J connectivity index is 2.11. The van der Waals surface area contributed by atoms with Crippen molar-refractivity contribution in [1.82, 2.24) is 9.97 Å². The molecule has 5 nitrogen and oxygen atoms in total. The number of benzene rings is 2. The molecular formula is C17H13N3O2S. The van der Waals surface area contributed by atoms with Crippen LogP contribution < -0.4 is 5.32 Å². The fourth-order valence-electron chi connectivity index (χ4n) is 2.19. The van der Waals surface area contributed by atoms with E-state index in [-0.39, 0.29) is 4.90 Å². The summed E-state index contributed by atoms with van der Waals surface area (Å²) >= 11 is 0. The van der Waals surface area contributed by atoms with E-state index in [1.54, 1.807) is 12.1 Å². The molecule has 3 rings (SSSR count). The molecule has 2 aromatic carbocycles. The fourth-order valence-corrected chi connectivity index (χ4v) is 2.84. The predicted octanol–water partition coefficient (Wildman–Crippen LogP) is 2.76. The Hall–Kier alpha value is -2.91. The van der Waals surface area contributed by atoms with E-state index in [0.29, 0.717) is 16.7 Å². The Bertz CT molecular complexity index is 1040. The third-order valence-corrected chi connectivity index (χ3v) is 4.44. The van der Waals surface area contributed by atoms with Crippen LogP contribution in [-0.4, -0.2) is 24.6 Å². The van der Waals surface area contributed by atoms with Crippen molar-refractivity contribution < 1.29 is 8.42 Å². The van der Waals surface area contributed by atoms with E-state index in [4.69, 9.17) is 6.42 Å². The van der Waals surface area contributed by atoms with E-state index in [0.717, 1.165) is 11.3 Å². The summed E-state index contributed by atoms with van der Waals surface area (Å²) in [6, 6.07) is 12.1. The second kappa shape index (κ2) is 5.71. The van der Waals surface area contributed by atoms with Crippen LogP contribution in [0.4, 0.5) is 11.5 Å². The zero-order valence-electron chi connectivity index (χ0n) is 12.3. The molecule has 23 heavy (non-hydrogen) atoms. The molecule has 1 N–H and O–H groups in total. The highest BCUT2D eigenvalue weighted by molar-refractivity contribution is 7.90. The molecule has 0 fully saturated rings. The van der Waals surface area contributed by atoms with E-state index in [9.17, 15) is 8.42 Å². The lowest BCUT2D eigenvalue weighted by Crippen LogP contribution is -2.00. The Kier molecular flexibility index (Phi) is 3.72. The highest BCUT2D eigenvalue weighted by Crippen LogP contribution is 2.25. The molecule has 3 aromatic rings. The lowest BCUT2D eigenvalue weighted by atomic mass is 10.2. The van der Waals surface area contributed by atoms with Crippen LogP contribution in [0.15, 0.2) is 53.7 Å². The van der Waals surface area contributed by atoms with Gasteiger partial charge in [-0.1, -0.05) is 12.0 Å². The molecule has 1 heterocycles. The van der Waals surface area contributed by atoms with Gasteiger partial charge in [0.25, 0.3) is 0 Å². The Morgan fingerprint density at radius 3 is 2.70 bits per heavy atom. The Morgan fingerprint density at radius 2 is 1.96 bits per heavy atom. The lowest BCUT2D eigenvalue weighted by molar-refractivity contribution is 0.602. The highest BCUT2D eigenvalue weighted by Gasteiger charge is 2.11. The number of fused-ring (bicyclic) bond motifs is 1. The monoisotopic (exact) mass is 323 g/mol. The van der Waals surface area contributed by atoms with Crippen LogP contribution in [0.5, 0.6) is 0 Å². The van der Waals surface area contributed by atoms with Gasteiger partial charge in [-0.2, -0.15) is 0 Å². The number of nitrogens with one attached hydrogen (secondary N) is 1. The minimum Gasteiger partial charge on any atom is -0.340 e. The van der Waals surface area contributed by atoms with Crippen molar-refractivity contribution in [2.75, 3.05) is 11.6 Å². The number of nitrogens with zero attached hydrogens (tertiary/aromatic N) is 2. The van der Waals surface area contributed by atoms with Crippen molar-refractivity contribution in [3.63, 3.8) is 0 Å². The normalized spacial score (nSPS) is 11.1. The average Bonchev–Trinajstić information content (AvgIpc) is 2.54. The van der Waals surface area contributed by atoms with Gasteiger partial charge in [-0.05, 0) is 36.4 Å². The summed E-state index contributed by atoms with van der Waals surface area (Å²) in [6.07, 6.45) is 7.99. The van der Waals surface area contributed by atoms with Crippen molar-refractivity contribution in [2.45, 2.75) is 4.90 Å². The second-order valence-electron chi connectivity index (χ2n) is 5.02. The SMILES string of the molecule is C#Cc1cccc(Nc2ncnc3ccc(S(C)(=O)=O)cc23)c1. The molecule has 0 saturated carbocycles. The van der Waals surface area contributed by atoms with Crippen molar-refractivity contribution >= 4 is 32.2 Å². The standard InChI is InChI=1S/C17H13N3O2S/c1-3-12-5-4-6-13(9-12)20-17-15-10-14(23(2,21)22)7-8-16(15)18-11-19-17/h1,4-11H,2H3,(H,18,19,20). The van der Waals surface area contributed by atoms with Gasteiger partial charge in [-0.25, -0.2) is 18.4 Å². The van der Waals surface area contributed by atoms with E-state index >= 15 is 0 Å². The topological polar surface area (TPSA) is 72.0 Å². The number of terminal acetylenes is 1. The molecule has 0 aliphatic rings. The third-order valence-electron chi connectivity index (χ3n) is 3.33. The molecule has 6 heteroatoms. The minimum atomic E-state index is -3.30. The molecular weight excluding hydrogens is 310 g/mol. The molecule has 0 spiro atoms. The fraction of sp³-hybridized carbons (Fsp3) is 0.0588. The molecule has 0 atom stereocenters. The van der Waals surface area contributed by atoms with E-state index in [1.807, 2.05) is 24.3 Å². The quantitative estimate of drug-likeness (QED) is 0.750. The van der Waals surface area contributed by atoms with Gasteiger partial charge in [-0.15, -0.1) is 6.42 Å². The van der Waals surface area contributed by atoms with Gasteiger partial charge in [-0.3, -0.25) is 0 Å². The molecule has 0 unspecified atom stereocenters. The van der Waals surface area contributed by atoms with Crippen LogP contribution in [0.1, 0.15) is 5.56 Å². The summed E-state index contributed by atoms with van der Waals surface area (Å²) in [4.78, 5) is 8.60. The number of sulfone groups is 1. The first kappa shape index (κ1) is 15.0. The van der Waals surface area contributed by atoms with Gasteiger partial charge in [0.15, 0.2) is 9.84 Å². The van der Waals surface area contributed by atoms with Crippen molar-refractivity contribution in [2.24, 2.45) is 0 Å². The number of anilines is 2. The maximum absolute atomic E-state index is 11.7. The number of hydrogen-bond donors (Lipinski definition) is 1. The van der Waals surface area contributed by atoms with Gasteiger partial charge >= 0.3 is 0 Å². The predicted molar refractivity (Wildman–Crippen MR) is 90.3 cm³/mol. The number of aromatic nitrogens is 2. The molecule has 0 saturated heterocycles.